The van der Waals surface area contributed by atoms with Gasteiger partial charge in [-0.25, -0.2) is 0 Å². The molecule has 0 saturated heterocycles. The fourth-order valence-corrected chi connectivity index (χ4v) is 3.46. The molecule has 0 spiro atoms. The van der Waals surface area contributed by atoms with Gasteiger partial charge in [0.25, 0.3) is 0 Å². The van der Waals surface area contributed by atoms with Crippen LogP contribution in [0.25, 0.3) is 0 Å². The predicted molar refractivity (Wildman–Crippen MR) is 108 cm³/mol. The van der Waals surface area contributed by atoms with Crippen LogP contribution < -0.4 is 5.73 Å². The minimum Gasteiger partial charge on any atom is -0.345 e. The van der Waals surface area contributed by atoms with Gasteiger partial charge in [0, 0.05) is 35.9 Å². The molecule has 0 aromatic heterocycles. The smallest absolute Gasteiger partial charge is 0.224 e. The van der Waals surface area contributed by atoms with Crippen molar-refractivity contribution in [1.82, 2.24) is 4.90 Å². The molecule has 0 aliphatic heterocycles. The molecule has 1 atom stereocenters. The summed E-state index contributed by atoms with van der Waals surface area (Å²) in [5.41, 5.74) is 8.64. The van der Waals surface area contributed by atoms with Gasteiger partial charge in [-0.3, -0.25) is 4.79 Å². The third-order valence-corrected chi connectivity index (χ3v) is 5.43. The third kappa shape index (κ3) is 4.84. The van der Waals surface area contributed by atoms with Crippen molar-refractivity contribution in [2.24, 2.45) is 5.73 Å². The van der Waals surface area contributed by atoms with E-state index in [0.29, 0.717) is 6.42 Å². The number of halogens is 2. The van der Waals surface area contributed by atoms with Crippen LogP contribution in [-0.2, 0) is 10.2 Å². The molecule has 3 rings (SSSR count). The van der Waals surface area contributed by atoms with Crippen LogP contribution in [-0.4, -0.2) is 24.4 Å². The Balaban J connectivity index is 0.00000225. The number of hydrogen-bond acceptors (Lipinski definition) is 2. The molecule has 1 fully saturated rings. The van der Waals surface area contributed by atoms with Crippen LogP contribution in [0.5, 0.6) is 0 Å². The minimum atomic E-state index is -0.246. The maximum atomic E-state index is 12.6. The van der Waals surface area contributed by atoms with Crippen LogP contribution in [0.15, 0.2) is 59.1 Å². The van der Waals surface area contributed by atoms with Gasteiger partial charge >= 0.3 is 0 Å². The van der Waals surface area contributed by atoms with E-state index >= 15 is 0 Å². The first-order valence-corrected chi connectivity index (χ1v) is 9.10. The molecule has 1 amide bonds. The highest BCUT2D eigenvalue weighted by Crippen LogP contribution is 2.48. The van der Waals surface area contributed by atoms with E-state index in [1.165, 1.54) is 5.56 Å². The molecule has 0 heterocycles. The Bertz CT molecular complexity index is 701. The number of hydrogen-bond donors (Lipinski definition) is 1. The molecule has 0 bridgehead atoms. The summed E-state index contributed by atoms with van der Waals surface area (Å²) in [4.78, 5) is 14.4. The largest absolute Gasteiger partial charge is 0.345 e. The standard InChI is InChI=1S/C20H23BrN2O.ClH/c1-23(19(24)13-18(22)15-5-3-2-4-6-15)14-20(11-12-20)16-7-9-17(21)10-8-16;/h2-10,18H,11-14,22H2,1H3;1H. The van der Waals surface area contributed by atoms with Crippen molar-refractivity contribution in [1.29, 1.82) is 0 Å². The quantitative estimate of drug-likeness (QED) is 0.746. The first kappa shape index (κ1) is 20.0. The van der Waals surface area contributed by atoms with Gasteiger partial charge in [0.1, 0.15) is 0 Å². The van der Waals surface area contributed by atoms with E-state index in [0.717, 1.165) is 29.4 Å². The molecular weight excluding hydrogens is 400 g/mol. The molecule has 134 valence electrons. The van der Waals surface area contributed by atoms with Crippen molar-refractivity contribution < 1.29 is 4.79 Å². The summed E-state index contributed by atoms with van der Waals surface area (Å²) in [5, 5.41) is 0. The summed E-state index contributed by atoms with van der Waals surface area (Å²) in [6, 6.07) is 18.0. The SMILES string of the molecule is CN(CC1(c2ccc(Br)cc2)CC1)C(=O)CC(N)c1ccccc1.Cl. The average molecular weight is 424 g/mol. The summed E-state index contributed by atoms with van der Waals surface area (Å²) >= 11 is 3.48. The van der Waals surface area contributed by atoms with Crippen LogP contribution in [0.2, 0.25) is 0 Å². The zero-order chi connectivity index (χ0) is 17.2. The van der Waals surface area contributed by atoms with Crippen molar-refractivity contribution in [2.45, 2.75) is 30.7 Å². The lowest BCUT2D eigenvalue weighted by Gasteiger charge is -2.25. The van der Waals surface area contributed by atoms with Crippen molar-refractivity contribution in [2.75, 3.05) is 13.6 Å². The Morgan fingerprint density at radius 1 is 1.16 bits per heavy atom. The van der Waals surface area contributed by atoms with Crippen LogP contribution in [0.4, 0.5) is 0 Å². The summed E-state index contributed by atoms with van der Waals surface area (Å²) in [7, 11) is 1.89. The number of likely N-dealkylation sites (N-methyl/N-ethyl adjacent to an activating group) is 1. The summed E-state index contributed by atoms with van der Waals surface area (Å²) in [6.45, 7) is 0.759. The lowest BCUT2D eigenvalue weighted by molar-refractivity contribution is -0.130. The van der Waals surface area contributed by atoms with E-state index in [1.54, 1.807) is 0 Å². The second-order valence-corrected chi connectivity index (χ2v) is 7.67. The number of rotatable bonds is 6. The molecule has 25 heavy (non-hydrogen) atoms. The Labute approximate surface area is 164 Å². The third-order valence-electron chi connectivity index (χ3n) is 4.90. The molecule has 3 nitrogen and oxygen atoms in total. The normalized spacial score (nSPS) is 15.8. The Kier molecular flexibility index (Phi) is 6.66. The topological polar surface area (TPSA) is 46.3 Å². The second-order valence-electron chi connectivity index (χ2n) is 6.76. The van der Waals surface area contributed by atoms with Gasteiger partial charge in [-0.2, -0.15) is 0 Å². The van der Waals surface area contributed by atoms with Crippen molar-refractivity contribution >= 4 is 34.2 Å². The van der Waals surface area contributed by atoms with Crippen LogP contribution in [0, 0.1) is 0 Å². The van der Waals surface area contributed by atoms with Gasteiger partial charge in [0.05, 0.1) is 0 Å². The number of amides is 1. The fourth-order valence-electron chi connectivity index (χ4n) is 3.20. The van der Waals surface area contributed by atoms with Gasteiger partial charge in [0.2, 0.25) is 5.91 Å². The molecule has 2 aromatic carbocycles. The monoisotopic (exact) mass is 422 g/mol. The second kappa shape index (κ2) is 8.35. The van der Waals surface area contributed by atoms with Crippen LogP contribution >= 0.6 is 28.3 Å². The average Bonchev–Trinajstić information content (AvgIpc) is 3.36. The van der Waals surface area contributed by atoms with Crippen molar-refractivity contribution in [3.8, 4) is 0 Å². The van der Waals surface area contributed by atoms with E-state index in [4.69, 9.17) is 5.73 Å². The molecule has 2 N–H and O–H groups in total. The van der Waals surface area contributed by atoms with Crippen LogP contribution in [0.3, 0.4) is 0 Å². The highest BCUT2D eigenvalue weighted by Gasteiger charge is 2.45. The van der Waals surface area contributed by atoms with E-state index in [9.17, 15) is 4.79 Å². The molecule has 2 aromatic rings. The number of nitrogens with zero attached hydrogens (tertiary/aromatic N) is 1. The Hall–Kier alpha value is -1.36. The fraction of sp³-hybridized carbons (Fsp3) is 0.350. The number of nitrogens with two attached hydrogens (primary N) is 1. The first-order valence-electron chi connectivity index (χ1n) is 8.31. The van der Waals surface area contributed by atoms with E-state index in [-0.39, 0.29) is 29.8 Å². The Morgan fingerprint density at radius 3 is 2.32 bits per heavy atom. The zero-order valence-corrected chi connectivity index (χ0v) is 16.7. The highest BCUT2D eigenvalue weighted by molar-refractivity contribution is 9.10. The maximum absolute atomic E-state index is 12.6. The van der Waals surface area contributed by atoms with E-state index in [2.05, 4.69) is 40.2 Å². The van der Waals surface area contributed by atoms with Gasteiger partial charge in [0.15, 0.2) is 0 Å². The molecule has 1 aliphatic carbocycles. The molecule has 1 saturated carbocycles. The first-order chi connectivity index (χ1) is 11.5. The van der Waals surface area contributed by atoms with Crippen LogP contribution in [0.1, 0.15) is 36.4 Å². The molecule has 5 heteroatoms. The predicted octanol–water partition coefficient (Wildman–Crippen LogP) is 4.45. The number of carbonyl (C=O) groups excluding carboxylic acids is 1. The van der Waals surface area contributed by atoms with Gasteiger partial charge in [-0.15, -0.1) is 12.4 Å². The van der Waals surface area contributed by atoms with E-state index < -0.39 is 0 Å². The van der Waals surface area contributed by atoms with Gasteiger partial charge in [-0.1, -0.05) is 58.4 Å². The number of carbonyl (C=O) groups is 1. The van der Waals surface area contributed by atoms with Crippen molar-refractivity contribution in [3.63, 3.8) is 0 Å². The lowest BCUT2D eigenvalue weighted by Crippen LogP contribution is -2.36. The molecule has 0 radical (unpaired) electrons. The summed E-state index contributed by atoms with van der Waals surface area (Å²) in [5.74, 6) is 0.106. The summed E-state index contributed by atoms with van der Waals surface area (Å²) < 4.78 is 1.08. The molecule has 1 aliphatic rings. The zero-order valence-electron chi connectivity index (χ0n) is 14.3. The molecule has 1 unspecified atom stereocenters. The minimum absolute atomic E-state index is 0. The maximum Gasteiger partial charge on any atom is 0.224 e. The highest BCUT2D eigenvalue weighted by atomic mass is 79.9. The lowest BCUT2D eigenvalue weighted by atomic mass is 9.95. The number of benzene rings is 2. The van der Waals surface area contributed by atoms with Gasteiger partial charge in [-0.05, 0) is 36.1 Å². The summed E-state index contributed by atoms with van der Waals surface area (Å²) in [6.07, 6.45) is 2.62. The van der Waals surface area contributed by atoms with Gasteiger partial charge < -0.3 is 10.6 Å². The van der Waals surface area contributed by atoms with Crippen molar-refractivity contribution in [3.05, 3.63) is 70.2 Å². The van der Waals surface area contributed by atoms with E-state index in [1.807, 2.05) is 42.3 Å². The molecular formula is C20H24BrClN2O. The Morgan fingerprint density at radius 2 is 1.76 bits per heavy atom.